The summed E-state index contributed by atoms with van der Waals surface area (Å²) in [6.45, 7) is 4.23. The van der Waals surface area contributed by atoms with E-state index < -0.39 is 0 Å². The van der Waals surface area contributed by atoms with Crippen molar-refractivity contribution in [2.24, 2.45) is 11.8 Å². The highest BCUT2D eigenvalue weighted by Gasteiger charge is 2.25. The molecule has 0 heterocycles. The molecule has 1 aliphatic carbocycles. The Kier molecular flexibility index (Phi) is 5.79. The van der Waals surface area contributed by atoms with E-state index in [1.165, 1.54) is 25.7 Å². The molecule has 0 bridgehead atoms. The van der Waals surface area contributed by atoms with Crippen LogP contribution in [0, 0.1) is 23.2 Å². The second kappa shape index (κ2) is 6.88. The van der Waals surface area contributed by atoms with Gasteiger partial charge in [0, 0.05) is 13.1 Å². The number of rotatable bonds is 5. The molecular weight excluding hydrogens is 198 g/mol. The standard InChI is InChI=1S/C13H25N3/c1-11-4-6-12(7-5-11)13(10-14)15-8-9-16(2)3/h11-13,15H,4-9H2,1-3H3. The van der Waals surface area contributed by atoms with Crippen molar-refractivity contribution in [3.05, 3.63) is 0 Å². The van der Waals surface area contributed by atoms with Crippen LogP contribution in [0.4, 0.5) is 0 Å². The molecule has 0 amide bonds. The lowest BCUT2D eigenvalue weighted by atomic mass is 9.79. The van der Waals surface area contributed by atoms with Gasteiger partial charge in [-0.1, -0.05) is 19.8 Å². The molecule has 1 rings (SSSR count). The highest BCUT2D eigenvalue weighted by molar-refractivity contribution is 4.96. The predicted octanol–water partition coefficient (Wildman–Crippen LogP) is 1.86. The molecule has 3 nitrogen and oxygen atoms in total. The number of nitrogens with one attached hydrogen (secondary N) is 1. The molecule has 16 heavy (non-hydrogen) atoms. The molecule has 0 radical (unpaired) electrons. The first-order valence-electron chi connectivity index (χ1n) is 6.41. The first kappa shape index (κ1) is 13.5. The molecule has 1 aliphatic rings. The van der Waals surface area contributed by atoms with Gasteiger partial charge >= 0.3 is 0 Å². The van der Waals surface area contributed by atoms with E-state index in [0.29, 0.717) is 5.92 Å². The summed E-state index contributed by atoms with van der Waals surface area (Å²) in [5.74, 6) is 1.43. The third-order valence-corrected chi connectivity index (χ3v) is 3.59. The van der Waals surface area contributed by atoms with E-state index in [1.807, 2.05) is 0 Å². The Morgan fingerprint density at radius 3 is 2.44 bits per heavy atom. The maximum absolute atomic E-state index is 9.18. The minimum atomic E-state index is 0.0625. The number of hydrogen-bond acceptors (Lipinski definition) is 3. The van der Waals surface area contributed by atoms with Crippen molar-refractivity contribution in [1.82, 2.24) is 10.2 Å². The van der Waals surface area contributed by atoms with E-state index in [-0.39, 0.29) is 6.04 Å². The fourth-order valence-electron chi connectivity index (χ4n) is 2.38. The Hall–Kier alpha value is -0.590. The van der Waals surface area contributed by atoms with Gasteiger partial charge in [-0.2, -0.15) is 5.26 Å². The third-order valence-electron chi connectivity index (χ3n) is 3.59. The van der Waals surface area contributed by atoms with Crippen molar-refractivity contribution < 1.29 is 0 Å². The van der Waals surface area contributed by atoms with Crippen molar-refractivity contribution >= 4 is 0 Å². The van der Waals surface area contributed by atoms with Crippen LogP contribution < -0.4 is 5.32 Å². The minimum absolute atomic E-state index is 0.0625. The summed E-state index contributed by atoms with van der Waals surface area (Å²) >= 11 is 0. The van der Waals surface area contributed by atoms with Crippen LogP contribution in [0.25, 0.3) is 0 Å². The summed E-state index contributed by atoms with van der Waals surface area (Å²) in [4.78, 5) is 2.14. The molecule has 0 aromatic carbocycles. The van der Waals surface area contributed by atoms with Crippen molar-refractivity contribution in [3.63, 3.8) is 0 Å². The van der Waals surface area contributed by atoms with E-state index in [9.17, 15) is 5.26 Å². The summed E-state index contributed by atoms with van der Waals surface area (Å²) in [7, 11) is 4.12. The van der Waals surface area contributed by atoms with Gasteiger partial charge in [-0.15, -0.1) is 0 Å². The Balaban J connectivity index is 2.28. The average molecular weight is 223 g/mol. The average Bonchev–Trinajstić information content (AvgIpc) is 2.26. The zero-order valence-corrected chi connectivity index (χ0v) is 10.9. The maximum Gasteiger partial charge on any atom is 0.0981 e. The van der Waals surface area contributed by atoms with Gasteiger partial charge in [0.1, 0.15) is 0 Å². The summed E-state index contributed by atoms with van der Waals surface area (Å²) in [6, 6.07) is 2.49. The molecule has 1 atom stereocenters. The van der Waals surface area contributed by atoms with Gasteiger partial charge in [-0.25, -0.2) is 0 Å². The van der Waals surface area contributed by atoms with Gasteiger partial charge in [-0.05, 0) is 38.8 Å². The topological polar surface area (TPSA) is 39.1 Å². The molecule has 3 heteroatoms. The quantitative estimate of drug-likeness (QED) is 0.773. The van der Waals surface area contributed by atoms with Gasteiger partial charge in [0.25, 0.3) is 0 Å². The van der Waals surface area contributed by atoms with E-state index in [1.54, 1.807) is 0 Å². The lowest BCUT2D eigenvalue weighted by molar-refractivity contribution is 0.252. The molecule has 0 aliphatic heterocycles. The van der Waals surface area contributed by atoms with Crippen LogP contribution in [0.2, 0.25) is 0 Å². The number of likely N-dealkylation sites (N-methyl/N-ethyl adjacent to an activating group) is 1. The summed E-state index contributed by atoms with van der Waals surface area (Å²) in [6.07, 6.45) is 5.01. The minimum Gasteiger partial charge on any atom is -0.308 e. The lowest BCUT2D eigenvalue weighted by Crippen LogP contribution is -2.40. The van der Waals surface area contributed by atoms with Crippen molar-refractivity contribution in [3.8, 4) is 6.07 Å². The van der Waals surface area contributed by atoms with Crippen molar-refractivity contribution in [2.45, 2.75) is 38.6 Å². The number of nitrogens with zero attached hydrogens (tertiary/aromatic N) is 2. The van der Waals surface area contributed by atoms with Gasteiger partial charge in [0.05, 0.1) is 12.1 Å². The van der Waals surface area contributed by atoms with Gasteiger partial charge in [0.15, 0.2) is 0 Å². The Bertz CT molecular complexity index is 224. The smallest absolute Gasteiger partial charge is 0.0981 e. The molecule has 1 unspecified atom stereocenters. The van der Waals surface area contributed by atoms with E-state index in [4.69, 9.17) is 0 Å². The largest absolute Gasteiger partial charge is 0.308 e. The molecular formula is C13H25N3. The van der Waals surface area contributed by atoms with Gasteiger partial charge < -0.3 is 10.2 Å². The normalized spacial score (nSPS) is 27.7. The molecule has 1 fully saturated rings. The van der Waals surface area contributed by atoms with Crippen LogP contribution in [0.5, 0.6) is 0 Å². The van der Waals surface area contributed by atoms with Gasteiger partial charge in [0.2, 0.25) is 0 Å². The highest BCUT2D eigenvalue weighted by Crippen LogP contribution is 2.30. The fraction of sp³-hybridized carbons (Fsp3) is 0.923. The molecule has 1 saturated carbocycles. The third kappa shape index (κ3) is 4.51. The molecule has 0 saturated heterocycles. The number of hydrogen-bond donors (Lipinski definition) is 1. The molecule has 0 aromatic rings. The molecule has 92 valence electrons. The summed E-state index contributed by atoms with van der Waals surface area (Å²) in [5, 5.41) is 12.6. The zero-order valence-electron chi connectivity index (χ0n) is 10.9. The monoisotopic (exact) mass is 223 g/mol. The maximum atomic E-state index is 9.18. The van der Waals surface area contributed by atoms with Gasteiger partial charge in [-0.3, -0.25) is 0 Å². The highest BCUT2D eigenvalue weighted by atomic mass is 15.1. The lowest BCUT2D eigenvalue weighted by Gasteiger charge is -2.30. The Morgan fingerprint density at radius 1 is 1.31 bits per heavy atom. The predicted molar refractivity (Wildman–Crippen MR) is 67.1 cm³/mol. The van der Waals surface area contributed by atoms with E-state index in [0.717, 1.165) is 19.0 Å². The first-order chi connectivity index (χ1) is 7.63. The fourth-order valence-corrected chi connectivity index (χ4v) is 2.38. The van der Waals surface area contributed by atoms with Crippen LogP contribution in [-0.4, -0.2) is 38.1 Å². The summed E-state index contributed by atoms with van der Waals surface area (Å²) in [5.41, 5.74) is 0. The zero-order chi connectivity index (χ0) is 12.0. The van der Waals surface area contributed by atoms with Crippen LogP contribution in [0.15, 0.2) is 0 Å². The second-order valence-electron chi connectivity index (χ2n) is 5.38. The van der Waals surface area contributed by atoms with E-state index >= 15 is 0 Å². The van der Waals surface area contributed by atoms with Crippen LogP contribution in [0.3, 0.4) is 0 Å². The SMILES string of the molecule is CC1CCC(C(C#N)NCCN(C)C)CC1. The summed E-state index contributed by atoms with van der Waals surface area (Å²) < 4.78 is 0. The van der Waals surface area contributed by atoms with E-state index in [2.05, 4.69) is 37.3 Å². The first-order valence-corrected chi connectivity index (χ1v) is 6.41. The second-order valence-corrected chi connectivity index (χ2v) is 5.38. The van der Waals surface area contributed by atoms with Crippen LogP contribution >= 0.6 is 0 Å². The molecule has 1 N–H and O–H groups in total. The number of nitriles is 1. The van der Waals surface area contributed by atoms with Crippen LogP contribution in [0.1, 0.15) is 32.6 Å². The Labute approximate surface area is 99.8 Å². The van der Waals surface area contributed by atoms with Crippen molar-refractivity contribution in [2.75, 3.05) is 27.2 Å². The van der Waals surface area contributed by atoms with Crippen LogP contribution in [-0.2, 0) is 0 Å². The molecule has 0 spiro atoms. The Morgan fingerprint density at radius 2 is 1.94 bits per heavy atom. The van der Waals surface area contributed by atoms with Crippen molar-refractivity contribution in [1.29, 1.82) is 5.26 Å². The molecule has 0 aromatic heterocycles.